The first-order chi connectivity index (χ1) is 20.4. The summed E-state index contributed by atoms with van der Waals surface area (Å²) in [6.07, 6.45) is 1.09. The zero-order chi connectivity index (χ0) is 30.9. The topological polar surface area (TPSA) is 121 Å². The largest absolute Gasteiger partial charge is 0.444 e. The number of hydrogen-bond acceptors (Lipinski definition) is 9. The van der Waals surface area contributed by atoms with Gasteiger partial charge in [0.15, 0.2) is 0 Å². The number of nitrogens with one attached hydrogen (secondary N) is 1. The number of anilines is 1. The van der Waals surface area contributed by atoms with Crippen LogP contribution in [0.15, 0.2) is 12.1 Å². The first kappa shape index (κ1) is 31.0. The van der Waals surface area contributed by atoms with Crippen LogP contribution in [0.3, 0.4) is 0 Å². The van der Waals surface area contributed by atoms with E-state index in [-0.39, 0.29) is 43.8 Å². The smallest absolute Gasteiger partial charge is 0.413 e. The molecule has 0 radical (unpaired) electrons. The van der Waals surface area contributed by atoms with E-state index in [1.807, 2.05) is 6.92 Å². The van der Waals surface area contributed by atoms with Crippen molar-refractivity contribution in [3.05, 3.63) is 45.8 Å². The second-order valence-corrected chi connectivity index (χ2v) is 11.9. The second-order valence-electron chi connectivity index (χ2n) is 11.9. The Bertz CT molecular complexity index is 1370. The monoisotopic (exact) mass is 604 g/mol. The van der Waals surface area contributed by atoms with E-state index in [1.165, 1.54) is 13.2 Å². The number of alkyl halides is 2. The summed E-state index contributed by atoms with van der Waals surface area (Å²) in [7, 11) is 1.49. The van der Waals surface area contributed by atoms with Gasteiger partial charge in [-0.15, -0.1) is 0 Å². The first-order valence-electron chi connectivity index (χ1n) is 14.5. The third-order valence-electron chi connectivity index (χ3n) is 7.74. The van der Waals surface area contributed by atoms with Gasteiger partial charge in [0.2, 0.25) is 5.88 Å². The molecule has 3 atom stereocenters. The number of aromatic nitrogens is 2. The summed E-state index contributed by atoms with van der Waals surface area (Å²) >= 11 is 0. The van der Waals surface area contributed by atoms with Gasteiger partial charge in [-0.25, -0.2) is 14.8 Å². The summed E-state index contributed by atoms with van der Waals surface area (Å²) in [5.41, 5.74) is 3.71. The standard InChI is InChI=1S/C30H38F2N4O7/c1-16-25-18-12-23(41-15-21(18)34-26(19(25)13-40-16)35-29(38)43-30(2,3)4)27(37)36-11-7-6-8-22(36)17-9-10-24(42-28(31)32)33-20(17)14-39-5/h9-10,16,22-23,28H,6-8,11-15H2,1-5H3,(H,34,35,38)/t16?,22-,23?/m1/s1. The molecule has 11 nitrogen and oxygen atoms in total. The highest BCUT2D eigenvalue weighted by molar-refractivity contribution is 5.86. The molecule has 13 heteroatoms. The summed E-state index contributed by atoms with van der Waals surface area (Å²) in [6, 6.07) is 2.75. The number of ether oxygens (including phenoxy) is 5. The maximum absolute atomic E-state index is 14.1. The lowest BCUT2D eigenvalue weighted by atomic mass is 9.90. The van der Waals surface area contributed by atoms with Crippen molar-refractivity contribution >= 4 is 17.8 Å². The fourth-order valence-electron chi connectivity index (χ4n) is 6.01. The number of carbonyl (C=O) groups is 2. The molecule has 234 valence electrons. The molecule has 2 unspecified atom stereocenters. The van der Waals surface area contributed by atoms with Gasteiger partial charge < -0.3 is 28.6 Å². The summed E-state index contributed by atoms with van der Waals surface area (Å²) < 4.78 is 52.9. The van der Waals surface area contributed by atoms with Crippen LogP contribution in [0.2, 0.25) is 0 Å². The fraction of sp³-hybridized carbons (Fsp3) is 0.600. The number of piperidine rings is 1. The first-order valence-corrected chi connectivity index (χ1v) is 14.5. The average molecular weight is 605 g/mol. The summed E-state index contributed by atoms with van der Waals surface area (Å²) in [6.45, 7) is 5.25. The van der Waals surface area contributed by atoms with Crippen molar-refractivity contribution in [2.24, 2.45) is 0 Å². The van der Waals surface area contributed by atoms with E-state index in [0.717, 1.165) is 35.1 Å². The van der Waals surface area contributed by atoms with E-state index >= 15 is 0 Å². The molecule has 0 aliphatic carbocycles. The molecule has 0 bridgehead atoms. The molecule has 5 rings (SSSR count). The Labute approximate surface area is 249 Å². The lowest BCUT2D eigenvalue weighted by molar-refractivity contribution is -0.149. The van der Waals surface area contributed by atoms with Crippen LogP contribution in [-0.4, -0.2) is 58.8 Å². The molecule has 3 aliphatic rings. The lowest BCUT2D eigenvalue weighted by Gasteiger charge is -2.39. The maximum atomic E-state index is 14.1. The molecule has 5 heterocycles. The molecular weight excluding hydrogens is 566 g/mol. The minimum atomic E-state index is -3.00. The Morgan fingerprint density at radius 2 is 1.93 bits per heavy atom. The third kappa shape index (κ3) is 6.89. The summed E-state index contributed by atoms with van der Waals surface area (Å²) in [5.74, 6) is 0.00193. The number of likely N-dealkylation sites (tertiary alicyclic amines) is 1. The zero-order valence-electron chi connectivity index (χ0n) is 25.1. The average Bonchev–Trinajstić information content (AvgIpc) is 3.33. The molecule has 1 saturated heterocycles. The normalized spacial score (nSPS) is 21.8. The highest BCUT2D eigenvalue weighted by Gasteiger charge is 2.39. The Hall–Kier alpha value is -3.42. The SMILES string of the molecule is COCc1nc(OC(F)F)ccc1[C@H]1CCCCN1C(=O)C1Cc2c(nc(NC(=O)OC(C)(C)C)c3c2C(C)OC3)CO1. The molecular formula is C30H38F2N4O7. The van der Waals surface area contributed by atoms with Crippen molar-refractivity contribution in [2.45, 2.75) is 104 Å². The van der Waals surface area contributed by atoms with Crippen molar-refractivity contribution in [1.29, 1.82) is 0 Å². The minimum absolute atomic E-state index is 0.0803. The van der Waals surface area contributed by atoms with Crippen molar-refractivity contribution in [3.63, 3.8) is 0 Å². The van der Waals surface area contributed by atoms with Gasteiger partial charge >= 0.3 is 12.7 Å². The number of carbonyl (C=O) groups excluding carboxylic acids is 2. The van der Waals surface area contributed by atoms with E-state index in [9.17, 15) is 18.4 Å². The Kier molecular flexibility index (Phi) is 9.14. The van der Waals surface area contributed by atoms with Crippen molar-refractivity contribution in [3.8, 4) is 5.88 Å². The van der Waals surface area contributed by atoms with Gasteiger partial charge in [0.1, 0.15) is 17.5 Å². The van der Waals surface area contributed by atoms with Crippen LogP contribution in [0, 0.1) is 0 Å². The van der Waals surface area contributed by atoms with E-state index in [1.54, 1.807) is 31.7 Å². The number of nitrogens with zero attached hydrogens (tertiary/aromatic N) is 3. The van der Waals surface area contributed by atoms with Crippen molar-refractivity contribution in [2.75, 3.05) is 19.0 Å². The van der Waals surface area contributed by atoms with Crippen LogP contribution >= 0.6 is 0 Å². The van der Waals surface area contributed by atoms with Crippen LogP contribution in [-0.2, 0) is 50.0 Å². The number of methoxy groups -OCH3 is 1. The van der Waals surface area contributed by atoms with Gasteiger partial charge in [-0.05, 0) is 69.7 Å². The van der Waals surface area contributed by atoms with Crippen LogP contribution in [0.5, 0.6) is 5.88 Å². The number of hydrogen-bond donors (Lipinski definition) is 1. The molecule has 1 N–H and O–H groups in total. The maximum Gasteiger partial charge on any atom is 0.413 e. The quantitative estimate of drug-likeness (QED) is 0.445. The summed E-state index contributed by atoms with van der Waals surface area (Å²) in [4.78, 5) is 37.3. The van der Waals surface area contributed by atoms with E-state index < -0.39 is 24.4 Å². The molecule has 2 amide bonds. The van der Waals surface area contributed by atoms with E-state index in [0.29, 0.717) is 36.6 Å². The predicted octanol–water partition coefficient (Wildman–Crippen LogP) is 5.36. The van der Waals surface area contributed by atoms with E-state index in [2.05, 4.69) is 20.0 Å². The van der Waals surface area contributed by atoms with Crippen LogP contribution < -0.4 is 10.1 Å². The molecule has 2 aromatic rings. The molecule has 0 saturated carbocycles. The van der Waals surface area contributed by atoms with Gasteiger partial charge in [0.05, 0.1) is 43.4 Å². The van der Waals surface area contributed by atoms with Crippen molar-refractivity contribution < 1.29 is 42.1 Å². The number of rotatable bonds is 7. The van der Waals surface area contributed by atoms with Gasteiger partial charge in [-0.3, -0.25) is 10.1 Å². The lowest BCUT2D eigenvalue weighted by Crippen LogP contribution is -2.47. The molecule has 43 heavy (non-hydrogen) atoms. The molecule has 0 aromatic carbocycles. The number of amides is 2. The van der Waals surface area contributed by atoms with Gasteiger partial charge in [-0.1, -0.05) is 0 Å². The Morgan fingerprint density at radius 3 is 2.65 bits per heavy atom. The molecule has 0 spiro atoms. The Balaban J connectivity index is 1.40. The minimum Gasteiger partial charge on any atom is -0.444 e. The van der Waals surface area contributed by atoms with E-state index in [4.69, 9.17) is 18.9 Å². The van der Waals surface area contributed by atoms with Crippen LogP contribution in [0.25, 0.3) is 0 Å². The third-order valence-corrected chi connectivity index (χ3v) is 7.74. The van der Waals surface area contributed by atoms with Crippen molar-refractivity contribution in [1.82, 2.24) is 14.9 Å². The van der Waals surface area contributed by atoms with Crippen LogP contribution in [0.4, 0.5) is 19.4 Å². The molecule has 2 aromatic heterocycles. The number of fused-ring (bicyclic) bond motifs is 3. The van der Waals surface area contributed by atoms with Gasteiger partial charge in [0, 0.05) is 31.7 Å². The number of halogens is 2. The van der Waals surface area contributed by atoms with Gasteiger partial charge in [-0.2, -0.15) is 8.78 Å². The van der Waals surface area contributed by atoms with Gasteiger partial charge in [0.25, 0.3) is 5.91 Å². The highest BCUT2D eigenvalue weighted by atomic mass is 19.3. The summed E-state index contributed by atoms with van der Waals surface area (Å²) in [5, 5.41) is 2.76. The number of pyridine rings is 2. The zero-order valence-corrected chi connectivity index (χ0v) is 25.1. The molecule has 1 fully saturated rings. The highest BCUT2D eigenvalue weighted by Crippen LogP contribution is 2.41. The van der Waals surface area contributed by atoms with Crippen LogP contribution in [0.1, 0.15) is 92.7 Å². The molecule has 3 aliphatic heterocycles. The predicted molar refractivity (Wildman–Crippen MR) is 149 cm³/mol. The second kappa shape index (κ2) is 12.7. The fourth-order valence-corrected chi connectivity index (χ4v) is 6.01. The Morgan fingerprint density at radius 1 is 1.14 bits per heavy atom.